The summed E-state index contributed by atoms with van der Waals surface area (Å²) in [7, 11) is 0. The maximum absolute atomic E-state index is 13.7. The van der Waals surface area contributed by atoms with Crippen LogP contribution in [0.25, 0.3) is 0 Å². The van der Waals surface area contributed by atoms with Gasteiger partial charge < -0.3 is 10.6 Å². The highest BCUT2D eigenvalue weighted by Gasteiger charge is 2.57. The van der Waals surface area contributed by atoms with Crippen LogP contribution in [-0.2, 0) is 11.3 Å². The molecule has 1 aliphatic heterocycles. The Hall–Kier alpha value is -2.13. The number of hydrogen-bond acceptors (Lipinski definition) is 6. The number of nitrogens with two attached hydrogens (primary N) is 1. The van der Waals surface area contributed by atoms with Gasteiger partial charge in [-0.05, 0) is 50.0 Å². The maximum atomic E-state index is 13.7. The van der Waals surface area contributed by atoms with Crippen LogP contribution in [-0.4, -0.2) is 37.6 Å². The lowest BCUT2D eigenvalue weighted by molar-refractivity contribution is -0.124. The van der Waals surface area contributed by atoms with Gasteiger partial charge in [-0.25, -0.2) is 4.79 Å². The number of aromatic nitrogens is 2. The number of anilines is 2. The first kappa shape index (κ1) is 22.7. The van der Waals surface area contributed by atoms with E-state index in [1.165, 1.54) is 33.8 Å². The zero-order chi connectivity index (χ0) is 23.2. The fraction of sp³-hybridized carbons (Fsp3) is 0.542. The molecule has 176 valence electrons. The molecule has 2 aliphatic carbocycles. The van der Waals surface area contributed by atoms with Crippen LogP contribution in [0.5, 0.6) is 0 Å². The van der Waals surface area contributed by atoms with Crippen LogP contribution in [0.2, 0.25) is 0 Å². The van der Waals surface area contributed by atoms with Gasteiger partial charge >= 0.3 is 5.69 Å². The van der Waals surface area contributed by atoms with Crippen LogP contribution in [0.4, 0.5) is 11.5 Å². The largest absolute Gasteiger partial charge is 0.383 e. The number of carbonyl (C=O) groups excluding carboxylic acids is 1. The van der Waals surface area contributed by atoms with Crippen LogP contribution in [0, 0.1) is 17.8 Å². The molecule has 2 heterocycles. The van der Waals surface area contributed by atoms with Crippen molar-refractivity contribution in [1.29, 1.82) is 0 Å². The second-order valence-electron chi connectivity index (χ2n) is 9.21. The highest BCUT2D eigenvalue weighted by atomic mass is 32.2. The number of thioether (sulfide) groups is 2. The Kier molecular flexibility index (Phi) is 6.11. The van der Waals surface area contributed by atoms with Crippen LogP contribution < -0.4 is 21.9 Å². The number of benzene rings is 1. The van der Waals surface area contributed by atoms with Crippen LogP contribution in [0.3, 0.4) is 0 Å². The van der Waals surface area contributed by atoms with E-state index in [0.717, 1.165) is 18.4 Å². The molecule has 1 saturated heterocycles. The van der Waals surface area contributed by atoms with Crippen molar-refractivity contribution in [3.8, 4) is 0 Å². The molecule has 9 heteroatoms. The molecule has 7 nitrogen and oxygen atoms in total. The molecular weight excluding hydrogens is 456 g/mol. The molecule has 1 unspecified atom stereocenters. The first-order chi connectivity index (χ1) is 15.9. The minimum Gasteiger partial charge on any atom is -0.383 e. The molecule has 2 saturated carbocycles. The van der Waals surface area contributed by atoms with Crippen molar-refractivity contribution in [2.75, 3.05) is 28.7 Å². The number of nitrogens with one attached hydrogen (secondary N) is 1. The van der Waals surface area contributed by atoms with Gasteiger partial charge in [-0.2, -0.15) is 0 Å². The van der Waals surface area contributed by atoms with Crippen molar-refractivity contribution in [1.82, 2.24) is 9.55 Å². The Morgan fingerprint density at radius 3 is 2.39 bits per heavy atom. The Labute approximate surface area is 201 Å². The number of aromatic amines is 1. The number of H-pyrrole nitrogens is 1. The van der Waals surface area contributed by atoms with Gasteiger partial charge in [0, 0.05) is 24.0 Å². The molecule has 3 N–H and O–H groups in total. The lowest BCUT2D eigenvalue weighted by Crippen LogP contribution is -2.47. The van der Waals surface area contributed by atoms with Crippen molar-refractivity contribution >= 4 is 40.9 Å². The summed E-state index contributed by atoms with van der Waals surface area (Å²) < 4.78 is 1.64. The molecule has 1 amide bonds. The molecule has 0 radical (unpaired) electrons. The molecule has 1 aromatic carbocycles. The van der Waals surface area contributed by atoms with Gasteiger partial charge in [0.1, 0.15) is 5.82 Å². The molecule has 3 fully saturated rings. The molecule has 2 aromatic rings. The quantitative estimate of drug-likeness (QED) is 0.673. The third-order valence-corrected chi connectivity index (χ3v) is 11.5. The first-order valence-electron chi connectivity index (χ1n) is 11.7. The summed E-state index contributed by atoms with van der Waals surface area (Å²) >= 11 is 4.21. The van der Waals surface area contributed by atoms with Gasteiger partial charge in [0.05, 0.1) is 10.6 Å². The molecule has 3 atom stereocenters. The third-order valence-electron chi connectivity index (χ3n) is 7.48. The van der Waals surface area contributed by atoms with Crippen LogP contribution >= 0.6 is 23.5 Å². The van der Waals surface area contributed by atoms with E-state index in [0.29, 0.717) is 22.5 Å². The molecular formula is C24H30N4O3S2. The summed E-state index contributed by atoms with van der Waals surface area (Å²) in [6.45, 7) is 2.41. The van der Waals surface area contributed by atoms with Crippen molar-refractivity contribution in [2.24, 2.45) is 17.8 Å². The number of carbonyl (C=O) groups is 1. The number of nitrogen functional groups attached to an aromatic ring is 1. The SMILES string of the molecule is CCN(C(=O)C1C[C@H]2CC[C@@H](C1)C21SCCS1)c1c(N)n(Cc2ccccc2)c(=O)[nH]c1=O. The minimum absolute atomic E-state index is 0.0416. The lowest BCUT2D eigenvalue weighted by atomic mass is 9.79. The Balaban J connectivity index is 1.44. The van der Waals surface area contributed by atoms with Crippen molar-refractivity contribution in [2.45, 2.75) is 43.2 Å². The van der Waals surface area contributed by atoms with E-state index in [2.05, 4.69) is 28.5 Å². The molecule has 5 rings (SSSR count). The fourth-order valence-electron chi connectivity index (χ4n) is 6.01. The summed E-state index contributed by atoms with van der Waals surface area (Å²) in [6.07, 6.45) is 4.11. The maximum Gasteiger partial charge on any atom is 0.330 e. The average Bonchev–Trinajstić information content (AvgIpc) is 3.35. The summed E-state index contributed by atoms with van der Waals surface area (Å²) in [5.41, 5.74) is 6.19. The van der Waals surface area contributed by atoms with Gasteiger partial charge in [-0.15, -0.1) is 23.5 Å². The second-order valence-corrected chi connectivity index (χ2v) is 12.2. The topological polar surface area (TPSA) is 101 Å². The van der Waals surface area contributed by atoms with E-state index in [4.69, 9.17) is 5.73 Å². The highest BCUT2D eigenvalue weighted by Crippen LogP contribution is 2.66. The van der Waals surface area contributed by atoms with E-state index in [1.54, 1.807) is 0 Å². The van der Waals surface area contributed by atoms with Gasteiger partial charge in [-0.3, -0.25) is 19.1 Å². The third kappa shape index (κ3) is 3.83. The molecule has 1 spiro atoms. The molecule has 2 bridgehead atoms. The highest BCUT2D eigenvalue weighted by molar-refractivity contribution is 8.21. The molecule has 1 aromatic heterocycles. The summed E-state index contributed by atoms with van der Waals surface area (Å²) in [5, 5.41) is 0. The second kappa shape index (κ2) is 8.91. The Morgan fingerprint density at radius 1 is 1.15 bits per heavy atom. The van der Waals surface area contributed by atoms with E-state index < -0.39 is 11.2 Å². The van der Waals surface area contributed by atoms with Crippen molar-refractivity contribution in [3.63, 3.8) is 0 Å². The summed E-state index contributed by atoms with van der Waals surface area (Å²) in [5.74, 6) is 3.38. The van der Waals surface area contributed by atoms with Gasteiger partial charge in [0.25, 0.3) is 5.56 Å². The fourth-order valence-corrected chi connectivity index (χ4v) is 9.95. The Bertz CT molecular complexity index is 1140. The summed E-state index contributed by atoms with van der Waals surface area (Å²) in [6, 6.07) is 9.46. The number of amides is 1. The lowest BCUT2D eigenvalue weighted by Gasteiger charge is -2.43. The predicted molar refractivity (Wildman–Crippen MR) is 136 cm³/mol. The summed E-state index contributed by atoms with van der Waals surface area (Å²) in [4.78, 5) is 43.0. The van der Waals surface area contributed by atoms with Gasteiger partial charge in [-0.1, -0.05) is 30.3 Å². The number of rotatable bonds is 5. The van der Waals surface area contributed by atoms with Gasteiger partial charge in [0.15, 0.2) is 5.69 Å². The smallest absolute Gasteiger partial charge is 0.330 e. The van der Waals surface area contributed by atoms with Gasteiger partial charge in [0.2, 0.25) is 5.91 Å². The zero-order valence-electron chi connectivity index (χ0n) is 18.8. The normalized spacial score (nSPS) is 25.4. The van der Waals surface area contributed by atoms with Crippen molar-refractivity contribution < 1.29 is 4.79 Å². The molecule has 33 heavy (non-hydrogen) atoms. The first-order valence-corrected chi connectivity index (χ1v) is 13.7. The molecule has 3 aliphatic rings. The van der Waals surface area contributed by atoms with Crippen molar-refractivity contribution in [3.05, 3.63) is 56.7 Å². The Morgan fingerprint density at radius 2 is 1.79 bits per heavy atom. The van der Waals surface area contributed by atoms with E-state index in [9.17, 15) is 14.4 Å². The predicted octanol–water partition coefficient (Wildman–Crippen LogP) is 3.13. The monoisotopic (exact) mass is 486 g/mol. The number of hydrogen-bond donors (Lipinski definition) is 2. The average molecular weight is 487 g/mol. The van der Waals surface area contributed by atoms with E-state index >= 15 is 0 Å². The van der Waals surface area contributed by atoms with Crippen LogP contribution in [0.15, 0.2) is 39.9 Å². The van der Waals surface area contributed by atoms with E-state index in [-0.39, 0.29) is 29.9 Å². The minimum atomic E-state index is -0.603. The zero-order valence-corrected chi connectivity index (χ0v) is 20.4. The van der Waals surface area contributed by atoms with E-state index in [1.807, 2.05) is 37.3 Å². The standard InChI is InChI=1S/C24H30N4O3S2/c1-2-27(22(30)16-12-17-8-9-18(13-16)24(17)32-10-11-33-24)19-20(25)28(23(31)26-21(19)29)14-15-6-4-3-5-7-15/h3-7,16-18H,2,8-14,25H2,1H3,(H,26,29,31)/t16?,17-,18+. The van der Waals surface area contributed by atoms with Crippen LogP contribution in [0.1, 0.15) is 38.2 Å². The number of nitrogens with zero attached hydrogens (tertiary/aromatic N) is 2.